The van der Waals surface area contributed by atoms with E-state index in [-0.39, 0.29) is 12.4 Å². The summed E-state index contributed by atoms with van der Waals surface area (Å²) in [4.78, 5) is 2.21. The molecule has 0 aliphatic rings. The molecule has 0 fully saturated rings. The third-order valence-electron chi connectivity index (χ3n) is 6.49. The van der Waals surface area contributed by atoms with Crippen molar-refractivity contribution >= 4 is 5.69 Å². The number of para-hydroxylation sites is 1. The van der Waals surface area contributed by atoms with Gasteiger partial charge in [0.25, 0.3) is 0 Å². The van der Waals surface area contributed by atoms with Crippen molar-refractivity contribution in [3.05, 3.63) is 95.6 Å². The van der Waals surface area contributed by atoms with Crippen LogP contribution in [-0.4, -0.2) is 41.6 Å². The highest BCUT2D eigenvalue weighted by atomic mass is 16.5. The minimum absolute atomic E-state index is 0.0459. The van der Waals surface area contributed by atoms with E-state index in [9.17, 15) is 15.3 Å². The summed E-state index contributed by atoms with van der Waals surface area (Å²) in [7, 11) is 0. The molecule has 3 aromatic carbocycles. The predicted octanol–water partition coefficient (Wildman–Crippen LogP) is 6.02. The molecule has 5 heteroatoms. The second-order valence-electron chi connectivity index (χ2n) is 9.31. The first-order chi connectivity index (χ1) is 17.7. The number of hydrogen-bond donors (Lipinski definition) is 3. The van der Waals surface area contributed by atoms with Gasteiger partial charge in [0.1, 0.15) is 5.75 Å². The van der Waals surface area contributed by atoms with Crippen molar-refractivity contribution in [3.63, 3.8) is 0 Å². The van der Waals surface area contributed by atoms with Gasteiger partial charge in [0.15, 0.2) is 0 Å². The van der Waals surface area contributed by atoms with Gasteiger partial charge in [-0.05, 0) is 67.5 Å². The minimum Gasteiger partial charge on any atom is -0.508 e. The van der Waals surface area contributed by atoms with Gasteiger partial charge in [-0.1, -0.05) is 67.4 Å². The predicted molar refractivity (Wildman–Crippen MR) is 146 cm³/mol. The Bertz CT molecular complexity index is 980. The van der Waals surface area contributed by atoms with Crippen molar-refractivity contribution in [1.82, 2.24) is 0 Å². The van der Waals surface area contributed by atoms with E-state index in [1.807, 2.05) is 18.2 Å². The van der Waals surface area contributed by atoms with E-state index in [2.05, 4.69) is 47.4 Å². The molecule has 0 saturated carbocycles. The molecule has 1 atom stereocenters. The number of hydrogen-bond acceptors (Lipinski definition) is 5. The molecule has 3 N–H and O–H groups in total. The number of ether oxygens (including phenoxy) is 1. The van der Waals surface area contributed by atoms with Crippen LogP contribution in [0.25, 0.3) is 0 Å². The van der Waals surface area contributed by atoms with Crippen molar-refractivity contribution in [1.29, 1.82) is 0 Å². The molecule has 0 radical (unpaired) electrons. The number of phenols is 1. The van der Waals surface area contributed by atoms with Gasteiger partial charge in [-0.25, -0.2) is 0 Å². The third kappa shape index (κ3) is 9.65. The van der Waals surface area contributed by atoms with Crippen LogP contribution in [0.15, 0.2) is 78.9 Å². The van der Waals surface area contributed by atoms with Crippen LogP contribution in [0.3, 0.4) is 0 Å². The summed E-state index contributed by atoms with van der Waals surface area (Å²) in [5.74, 6) is 0.0459. The van der Waals surface area contributed by atoms with E-state index >= 15 is 0 Å². The highest BCUT2D eigenvalue weighted by molar-refractivity contribution is 5.46. The highest BCUT2D eigenvalue weighted by Crippen LogP contribution is 2.25. The lowest BCUT2D eigenvalue weighted by molar-refractivity contribution is 0.126. The second kappa shape index (κ2) is 16.0. The lowest BCUT2D eigenvalue weighted by atomic mass is 10.0. The average molecular weight is 492 g/mol. The van der Waals surface area contributed by atoms with E-state index in [0.717, 1.165) is 70.4 Å². The summed E-state index contributed by atoms with van der Waals surface area (Å²) < 4.78 is 5.82. The van der Waals surface area contributed by atoms with Crippen LogP contribution in [-0.2, 0) is 17.8 Å². The molecule has 0 aliphatic carbocycles. The van der Waals surface area contributed by atoms with E-state index in [1.165, 1.54) is 11.6 Å². The van der Waals surface area contributed by atoms with Gasteiger partial charge in [-0.15, -0.1) is 0 Å². The monoisotopic (exact) mass is 491 g/mol. The minimum atomic E-state index is -0.716. The van der Waals surface area contributed by atoms with Crippen molar-refractivity contribution in [2.24, 2.45) is 0 Å². The van der Waals surface area contributed by atoms with Crippen molar-refractivity contribution < 1.29 is 20.1 Å². The number of rotatable bonds is 17. The van der Waals surface area contributed by atoms with Crippen LogP contribution >= 0.6 is 0 Å². The highest BCUT2D eigenvalue weighted by Gasteiger charge is 2.15. The first-order valence-corrected chi connectivity index (χ1v) is 13.2. The first-order valence-electron chi connectivity index (χ1n) is 13.2. The van der Waals surface area contributed by atoms with Gasteiger partial charge >= 0.3 is 0 Å². The van der Waals surface area contributed by atoms with E-state index in [1.54, 1.807) is 12.1 Å². The summed E-state index contributed by atoms with van der Waals surface area (Å²) in [6.45, 7) is 2.70. The molecule has 3 rings (SSSR count). The van der Waals surface area contributed by atoms with Crippen molar-refractivity contribution in [3.8, 4) is 5.75 Å². The quantitative estimate of drug-likeness (QED) is 0.201. The number of nitrogens with zero attached hydrogens (tertiary/aromatic N) is 1. The maximum Gasteiger partial charge on any atom is 0.121 e. The fourth-order valence-corrected chi connectivity index (χ4v) is 4.36. The van der Waals surface area contributed by atoms with Gasteiger partial charge < -0.3 is 25.0 Å². The molecule has 194 valence electrons. The van der Waals surface area contributed by atoms with Crippen molar-refractivity contribution in [2.75, 3.05) is 31.2 Å². The SMILES string of the molecule is OCc1cc([C@@H](O)CN(CCCCCCOCCCCc2ccccc2)c2ccccc2)ccc1O. The van der Waals surface area contributed by atoms with E-state index < -0.39 is 6.10 Å². The maximum absolute atomic E-state index is 10.9. The van der Waals surface area contributed by atoms with Crippen LogP contribution in [0, 0.1) is 0 Å². The van der Waals surface area contributed by atoms with Gasteiger partial charge in [-0.3, -0.25) is 0 Å². The molecule has 3 aromatic rings. The van der Waals surface area contributed by atoms with E-state index in [0.29, 0.717) is 17.7 Å². The third-order valence-corrected chi connectivity index (χ3v) is 6.49. The number of aliphatic hydroxyl groups is 2. The zero-order chi connectivity index (χ0) is 25.4. The Hall–Kier alpha value is -2.86. The number of aromatic hydroxyl groups is 1. The fraction of sp³-hybridized carbons (Fsp3) is 0.419. The molecule has 0 unspecified atom stereocenters. The Morgan fingerprint density at radius 2 is 1.42 bits per heavy atom. The van der Waals surface area contributed by atoms with Crippen LogP contribution in [0.2, 0.25) is 0 Å². The number of aryl methyl sites for hydroxylation is 1. The average Bonchev–Trinajstić information content (AvgIpc) is 2.92. The first kappa shape index (κ1) is 27.7. The second-order valence-corrected chi connectivity index (χ2v) is 9.31. The molecule has 36 heavy (non-hydrogen) atoms. The van der Waals surface area contributed by atoms with Crippen LogP contribution in [0.5, 0.6) is 5.75 Å². The molecule has 0 spiro atoms. The van der Waals surface area contributed by atoms with Gasteiger partial charge in [-0.2, -0.15) is 0 Å². The molecular weight excluding hydrogens is 450 g/mol. The molecule has 0 bridgehead atoms. The Labute approximate surface area is 216 Å². The topological polar surface area (TPSA) is 73.2 Å². The Kier molecular flexibility index (Phi) is 12.3. The lowest BCUT2D eigenvalue weighted by Gasteiger charge is -2.28. The van der Waals surface area contributed by atoms with Gasteiger partial charge in [0.2, 0.25) is 0 Å². The summed E-state index contributed by atoms with van der Waals surface area (Å²) in [6.07, 6.45) is 7.02. The molecule has 0 heterocycles. The standard InChI is InChI=1S/C31H41NO4/c33-25-28-23-27(18-19-30(28)34)31(35)24-32(29-16-7-4-8-17-29)20-10-1-2-11-21-36-22-12-9-15-26-13-5-3-6-14-26/h3-8,13-14,16-19,23,31,33-35H,1-2,9-12,15,20-22,24-25H2/t31-/m0/s1. The zero-order valence-corrected chi connectivity index (χ0v) is 21.3. The van der Waals surface area contributed by atoms with Gasteiger partial charge in [0, 0.05) is 37.6 Å². The fourth-order valence-electron chi connectivity index (χ4n) is 4.36. The number of aliphatic hydroxyl groups excluding tert-OH is 2. The Balaban J connectivity index is 1.34. The van der Waals surface area contributed by atoms with Crippen LogP contribution in [0.1, 0.15) is 61.3 Å². The Morgan fingerprint density at radius 1 is 0.750 bits per heavy atom. The molecule has 5 nitrogen and oxygen atoms in total. The zero-order valence-electron chi connectivity index (χ0n) is 21.3. The Morgan fingerprint density at radius 3 is 2.14 bits per heavy atom. The number of anilines is 1. The van der Waals surface area contributed by atoms with Crippen LogP contribution in [0.4, 0.5) is 5.69 Å². The molecule has 0 aliphatic heterocycles. The molecule has 0 aromatic heterocycles. The van der Waals surface area contributed by atoms with Crippen molar-refractivity contribution in [2.45, 2.75) is 57.7 Å². The molecule has 0 amide bonds. The summed E-state index contributed by atoms with van der Waals surface area (Å²) >= 11 is 0. The molecule has 0 saturated heterocycles. The lowest BCUT2D eigenvalue weighted by Crippen LogP contribution is -2.29. The number of unbranched alkanes of at least 4 members (excludes halogenated alkanes) is 4. The van der Waals surface area contributed by atoms with E-state index in [4.69, 9.17) is 4.74 Å². The summed E-state index contributed by atoms with van der Waals surface area (Å²) in [5.41, 5.74) is 3.60. The van der Waals surface area contributed by atoms with Crippen LogP contribution < -0.4 is 4.90 Å². The largest absolute Gasteiger partial charge is 0.508 e. The summed E-state index contributed by atoms with van der Waals surface area (Å²) in [5, 5.41) is 30.1. The van der Waals surface area contributed by atoms with Gasteiger partial charge in [0.05, 0.1) is 12.7 Å². The maximum atomic E-state index is 10.9. The summed E-state index contributed by atoms with van der Waals surface area (Å²) in [6, 6.07) is 25.7. The smallest absolute Gasteiger partial charge is 0.121 e. The number of benzene rings is 3. The molecular formula is C31H41NO4. The normalized spacial score (nSPS) is 11.9.